The molecule has 4 rings (SSSR count). The van der Waals surface area contributed by atoms with Crippen molar-refractivity contribution in [3.63, 3.8) is 0 Å². The minimum absolute atomic E-state index is 0. The normalized spacial score (nSPS) is 28.9. The standard InChI is InChI=1S/C23H36N4O3.HI/c1-6-24-22(26-20-19-8-10-30-21(19)23(20,2)3)25-15-7-9-27(14-15)16-11-17(28-4)13-18(12-16)29-5;/h11-13,15,19-21H,6-10,14H2,1-5H3,(H2,24,25,26);1H. The lowest BCUT2D eigenvalue weighted by Crippen LogP contribution is -2.68. The van der Waals surface area contributed by atoms with Gasteiger partial charge in [-0.05, 0) is 19.8 Å². The van der Waals surface area contributed by atoms with E-state index in [1.807, 2.05) is 6.07 Å². The number of halogens is 1. The van der Waals surface area contributed by atoms with Crippen LogP contribution in [-0.4, -0.2) is 64.6 Å². The second-order valence-corrected chi connectivity index (χ2v) is 9.16. The van der Waals surface area contributed by atoms with Gasteiger partial charge in [-0.15, -0.1) is 24.0 Å². The molecule has 0 spiro atoms. The van der Waals surface area contributed by atoms with E-state index in [1.54, 1.807) is 14.2 Å². The van der Waals surface area contributed by atoms with Gasteiger partial charge in [-0.2, -0.15) is 0 Å². The smallest absolute Gasteiger partial charge is 0.191 e. The summed E-state index contributed by atoms with van der Waals surface area (Å²) in [5.41, 5.74) is 1.26. The molecule has 4 unspecified atom stereocenters. The number of ether oxygens (including phenoxy) is 3. The second-order valence-electron chi connectivity index (χ2n) is 9.16. The largest absolute Gasteiger partial charge is 0.497 e. The summed E-state index contributed by atoms with van der Waals surface area (Å²) in [6.07, 6.45) is 2.58. The van der Waals surface area contributed by atoms with E-state index >= 15 is 0 Å². The molecule has 2 N–H and O–H groups in total. The molecule has 7 nitrogen and oxygen atoms in total. The lowest BCUT2D eigenvalue weighted by Gasteiger charge is -2.55. The summed E-state index contributed by atoms with van der Waals surface area (Å²) in [4.78, 5) is 7.11. The fourth-order valence-electron chi connectivity index (χ4n) is 5.34. The molecule has 3 aliphatic rings. The van der Waals surface area contributed by atoms with Crippen LogP contribution >= 0.6 is 24.0 Å². The number of anilines is 1. The summed E-state index contributed by atoms with van der Waals surface area (Å²) in [6.45, 7) is 10.2. The van der Waals surface area contributed by atoms with Gasteiger partial charge in [0.05, 0.1) is 20.3 Å². The number of methoxy groups -OCH3 is 2. The Morgan fingerprint density at radius 3 is 2.52 bits per heavy atom. The van der Waals surface area contributed by atoms with E-state index in [0.29, 0.717) is 24.1 Å². The summed E-state index contributed by atoms with van der Waals surface area (Å²) in [7, 11) is 3.38. The van der Waals surface area contributed by atoms with Crippen LogP contribution in [0.1, 0.15) is 33.6 Å². The van der Waals surface area contributed by atoms with Crippen molar-refractivity contribution in [1.29, 1.82) is 0 Å². The zero-order valence-corrected chi connectivity index (χ0v) is 21.6. The maximum absolute atomic E-state index is 5.95. The number of benzene rings is 1. The van der Waals surface area contributed by atoms with Gasteiger partial charge in [-0.3, -0.25) is 4.99 Å². The Balaban J connectivity index is 0.00000272. The summed E-state index contributed by atoms with van der Waals surface area (Å²) >= 11 is 0. The van der Waals surface area contributed by atoms with Crippen molar-refractivity contribution in [3.8, 4) is 11.5 Å². The van der Waals surface area contributed by atoms with E-state index in [9.17, 15) is 0 Å². The van der Waals surface area contributed by atoms with Crippen LogP contribution in [0.15, 0.2) is 23.2 Å². The molecule has 1 aromatic carbocycles. The molecule has 2 aliphatic heterocycles. The van der Waals surface area contributed by atoms with E-state index in [-0.39, 0.29) is 29.4 Å². The Hall–Kier alpha value is -1.42. The molecule has 1 aliphatic carbocycles. The quantitative estimate of drug-likeness (QED) is 0.326. The van der Waals surface area contributed by atoms with E-state index in [1.165, 1.54) is 0 Å². The molecule has 0 aromatic heterocycles. The SMILES string of the molecule is CCN=C(NC1CCN(c2cc(OC)cc(OC)c2)C1)NC1C2CCOC2C1(C)C.I. The third-order valence-corrected chi connectivity index (χ3v) is 6.94. The Bertz CT molecular complexity index is 766. The highest BCUT2D eigenvalue weighted by Crippen LogP contribution is 2.52. The summed E-state index contributed by atoms with van der Waals surface area (Å²) in [5, 5.41) is 7.42. The van der Waals surface area contributed by atoms with E-state index in [2.05, 4.69) is 48.4 Å². The van der Waals surface area contributed by atoms with Crippen LogP contribution in [-0.2, 0) is 4.74 Å². The number of nitrogens with zero attached hydrogens (tertiary/aromatic N) is 2. The van der Waals surface area contributed by atoms with Gasteiger partial charge in [0.25, 0.3) is 0 Å². The maximum Gasteiger partial charge on any atom is 0.191 e. The van der Waals surface area contributed by atoms with Crippen LogP contribution in [0.5, 0.6) is 11.5 Å². The van der Waals surface area contributed by atoms with Crippen molar-refractivity contribution in [2.45, 2.75) is 51.8 Å². The van der Waals surface area contributed by atoms with Gasteiger partial charge in [0.15, 0.2) is 5.96 Å². The Morgan fingerprint density at radius 1 is 1.16 bits per heavy atom. The first-order valence-electron chi connectivity index (χ1n) is 11.1. The van der Waals surface area contributed by atoms with Gasteiger partial charge < -0.3 is 29.7 Å². The van der Waals surface area contributed by atoms with Crippen molar-refractivity contribution >= 4 is 35.6 Å². The van der Waals surface area contributed by atoms with Crippen LogP contribution in [0.2, 0.25) is 0 Å². The first-order valence-corrected chi connectivity index (χ1v) is 11.1. The van der Waals surface area contributed by atoms with E-state index in [0.717, 1.165) is 62.2 Å². The lowest BCUT2D eigenvalue weighted by molar-refractivity contribution is -0.106. The van der Waals surface area contributed by atoms with Crippen molar-refractivity contribution in [2.75, 3.05) is 45.4 Å². The van der Waals surface area contributed by atoms with Gasteiger partial charge in [0, 0.05) is 73.5 Å². The molecular formula is C23H37IN4O3. The van der Waals surface area contributed by atoms with E-state index in [4.69, 9.17) is 19.2 Å². The predicted octanol–water partition coefficient (Wildman–Crippen LogP) is 3.27. The van der Waals surface area contributed by atoms with Gasteiger partial charge in [0.2, 0.25) is 0 Å². The first-order chi connectivity index (χ1) is 14.5. The zero-order valence-electron chi connectivity index (χ0n) is 19.3. The van der Waals surface area contributed by atoms with E-state index < -0.39 is 0 Å². The summed E-state index contributed by atoms with van der Waals surface area (Å²) < 4.78 is 16.8. The summed E-state index contributed by atoms with van der Waals surface area (Å²) in [6, 6.07) is 6.80. The number of guanidine groups is 1. The minimum atomic E-state index is 0. The number of aliphatic imine (C=N–C) groups is 1. The third-order valence-electron chi connectivity index (χ3n) is 6.94. The third kappa shape index (κ3) is 4.84. The molecule has 31 heavy (non-hydrogen) atoms. The van der Waals surface area contributed by atoms with Crippen LogP contribution < -0.4 is 25.0 Å². The number of fused-ring (bicyclic) bond motifs is 1. The molecule has 1 aromatic rings. The molecule has 4 atom stereocenters. The topological polar surface area (TPSA) is 67.4 Å². The van der Waals surface area contributed by atoms with Crippen molar-refractivity contribution < 1.29 is 14.2 Å². The van der Waals surface area contributed by atoms with Crippen LogP contribution in [0, 0.1) is 11.3 Å². The zero-order chi connectivity index (χ0) is 21.3. The second kappa shape index (κ2) is 10.0. The Morgan fingerprint density at radius 2 is 1.87 bits per heavy atom. The molecule has 174 valence electrons. The number of rotatable bonds is 6. The van der Waals surface area contributed by atoms with Crippen LogP contribution in [0.25, 0.3) is 0 Å². The highest BCUT2D eigenvalue weighted by molar-refractivity contribution is 14.0. The Labute approximate surface area is 203 Å². The molecule has 8 heteroatoms. The number of nitrogens with one attached hydrogen (secondary N) is 2. The molecule has 1 saturated carbocycles. The van der Waals surface area contributed by atoms with Gasteiger partial charge >= 0.3 is 0 Å². The molecule has 2 heterocycles. The molecule has 3 fully saturated rings. The molecule has 0 radical (unpaired) electrons. The van der Waals surface area contributed by atoms with Gasteiger partial charge in [-0.25, -0.2) is 0 Å². The van der Waals surface area contributed by atoms with Crippen LogP contribution in [0.4, 0.5) is 5.69 Å². The first kappa shape index (κ1) is 24.2. The fraction of sp³-hybridized carbons (Fsp3) is 0.696. The van der Waals surface area contributed by atoms with Crippen molar-refractivity contribution in [3.05, 3.63) is 18.2 Å². The predicted molar refractivity (Wildman–Crippen MR) is 135 cm³/mol. The highest BCUT2D eigenvalue weighted by atomic mass is 127. The number of hydrogen-bond donors (Lipinski definition) is 2. The number of hydrogen-bond acceptors (Lipinski definition) is 5. The average Bonchev–Trinajstić information content (AvgIpc) is 3.40. The minimum Gasteiger partial charge on any atom is -0.497 e. The van der Waals surface area contributed by atoms with Crippen LogP contribution in [0.3, 0.4) is 0 Å². The monoisotopic (exact) mass is 544 g/mol. The molecular weight excluding hydrogens is 507 g/mol. The van der Waals surface area contributed by atoms with Gasteiger partial charge in [0.1, 0.15) is 11.5 Å². The molecule has 2 saturated heterocycles. The lowest BCUT2D eigenvalue weighted by atomic mass is 9.57. The summed E-state index contributed by atoms with van der Waals surface area (Å²) in [5.74, 6) is 3.15. The maximum atomic E-state index is 5.95. The molecule has 0 bridgehead atoms. The fourth-order valence-corrected chi connectivity index (χ4v) is 5.34. The highest BCUT2D eigenvalue weighted by Gasteiger charge is 2.59. The van der Waals surface area contributed by atoms with Crippen molar-refractivity contribution in [2.24, 2.45) is 16.3 Å². The average molecular weight is 544 g/mol. The van der Waals surface area contributed by atoms with Gasteiger partial charge in [-0.1, -0.05) is 13.8 Å². The Kier molecular flexibility index (Phi) is 7.83. The van der Waals surface area contributed by atoms with Crippen molar-refractivity contribution in [1.82, 2.24) is 10.6 Å². The molecule has 0 amide bonds.